The molecule has 0 N–H and O–H groups in total. The van der Waals surface area contributed by atoms with Crippen molar-refractivity contribution in [3.05, 3.63) is 39.9 Å². The summed E-state index contributed by atoms with van der Waals surface area (Å²) in [7, 11) is 0. The Labute approximate surface area is 80.5 Å². The summed E-state index contributed by atoms with van der Waals surface area (Å²) in [4.78, 5) is 0. The second kappa shape index (κ2) is 4.08. The van der Waals surface area contributed by atoms with Gasteiger partial charge in [0.25, 0.3) is 0 Å². The predicted molar refractivity (Wildman–Crippen MR) is 53.6 cm³/mol. The summed E-state index contributed by atoms with van der Waals surface area (Å²) >= 11 is 3.40. The lowest BCUT2D eigenvalue weighted by Gasteiger charge is -1.97. The van der Waals surface area contributed by atoms with Crippen molar-refractivity contribution in [3.63, 3.8) is 0 Å². The molecule has 1 aromatic carbocycles. The Bertz CT molecular complexity index is 347. The first kappa shape index (κ1) is 9.02. The van der Waals surface area contributed by atoms with Gasteiger partial charge in [-0.1, -0.05) is 28.1 Å². The fourth-order valence-corrected chi connectivity index (χ4v) is 1.30. The van der Waals surface area contributed by atoms with Crippen LogP contribution in [0.3, 0.4) is 0 Å². The summed E-state index contributed by atoms with van der Waals surface area (Å²) < 4.78 is 1.01. The summed E-state index contributed by atoms with van der Waals surface area (Å²) in [5.41, 5.74) is 1.72. The van der Waals surface area contributed by atoms with Crippen molar-refractivity contribution in [1.29, 1.82) is 5.26 Å². The van der Waals surface area contributed by atoms with Crippen molar-refractivity contribution < 1.29 is 0 Å². The Kier molecular flexibility index (Phi) is 3.07. The Morgan fingerprint density at radius 3 is 2.83 bits per heavy atom. The molecule has 1 nitrogen and oxygen atoms in total. The number of allylic oxidation sites excluding steroid dienone is 1. The van der Waals surface area contributed by atoms with Gasteiger partial charge in [0.15, 0.2) is 0 Å². The van der Waals surface area contributed by atoms with Gasteiger partial charge in [-0.25, -0.2) is 0 Å². The minimum atomic E-state index is 0.686. The van der Waals surface area contributed by atoms with Crippen molar-refractivity contribution in [2.75, 3.05) is 0 Å². The average molecular weight is 222 g/mol. The number of halogens is 1. The molecule has 0 heterocycles. The number of rotatable bonds is 1. The van der Waals surface area contributed by atoms with Gasteiger partial charge in [-0.3, -0.25) is 0 Å². The number of nitriles is 1. The normalized spacial score (nSPS) is 10.1. The summed E-state index contributed by atoms with van der Waals surface area (Å²) in [5.74, 6) is 0. The molecular weight excluding hydrogens is 214 g/mol. The Hall–Kier alpha value is -1.07. The zero-order chi connectivity index (χ0) is 8.97. The van der Waals surface area contributed by atoms with E-state index >= 15 is 0 Å². The Morgan fingerprint density at radius 2 is 2.25 bits per heavy atom. The summed E-state index contributed by atoms with van der Waals surface area (Å²) in [6.45, 7) is 1.95. The lowest BCUT2D eigenvalue weighted by Crippen LogP contribution is -1.78. The smallest absolute Gasteiger partial charge is 0.0991 e. The first-order chi connectivity index (χ1) is 5.77. The predicted octanol–water partition coefficient (Wildman–Crippen LogP) is 3.35. The van der Waals surface area contributed by atoms with E-state index in [-0.39, 0.29) is 0 Å². The van der Waals surface area contributed by atoms with E-state index in [4.69, 9.17) is 5.26 Å². The van der Waals surface area contributed by atoms with Crippen molar-refractivity contribution in [1.82, 2.24) is 0 Å². The molecule has 0 unspecified atom stereocenters. The zero-order valence-corrected chi connectivity index (χ0v) is 8.30. The van der Waals surface area contributed by atoms with Gasteiger partial charge in [0.05, 0.1) is 11.6 Å². The fourth-order valence-electron chi connectivity index (χ4n) is 0.921. The highest BCUT2D eigenvalue weighted by Crippen LogP contribution is 2.19. The second-order valence-electron chi connectivity index (χ2n) is 2.35. The monoisotopic (exact) mass is 221 g/mol. The maximum Gasteiger partial charge on any atom is 0.0991 e. The summed E-state index contributed by atoms with van der Waals surface area (Å²) in [6.07, 6.45) is 3.91. The topological polar surface area (TPSA) is 23.8 Å². The van der Waals surface area contributed by atoms with Crippen molar-refractivity contribution in [2.24, 2.45) is 0 Å². The third kappa shape index (κ3) is 1.96. The lowest BCUT2D eigenvalue weighted by atomic mass is 10.1. The molecule has 0 aliphatic carbocycles. The van der Waals surface area contributed by atoms with Crippen LogP contribution in [0.1, 0.15) is 18.1 Å². The first-order valence-electron chi connectivity index (χ1n) is 3.60. The molecule has 0 atom stereocenters. The molecular formula is C10H8BrN. The van der Waals surface area contributed by atoms with Crippen LogP contribution >= 0.6 is 15.9 Å². The molecule has 12 heavy (non-hydrogen) atoms. The molecule has 0 amide bonds. The maximum absolute atomic E-state index is 8.63. The van der Waals surface area contributed by atoms with Crippen LogP contribution < -0.4 is 0 Å². The summed E-state index contributed by atoms with van der Waals surface area (Å²) in [5, 5.41) is 8.63. The van der Waals surface area contributed by atoms with Crippen LogP contribution in [0.5, 0.6) is 0 Å². The fraction of sp³-hybridized carbons (Fsp3) is 0.100. The summed E-state index contributed by atoms with van der Waals surface area (Å²) in [6, 6.07) is 7.62. The van der Waals surface area contributed by atoms with E-state index in [9.17, 15) is 0 Å². The maximum atomic E-state index is 8.63. The SMILES string of the molecule is CC=Cc1cc(C#N)ccc1Br. The second-order valence-corrected chi connectivity index (χ2v) is 3.20. The Morgan fingerprint density at radius 1 is 1.50 bits per heavy atom. The van der Waals surface area contributed by atoms with E-state index in [0.717, 1.165) is 10.0 Å². The molecule has 0 fully saturated rings. The van der Waals surface area contributed by atoms with Crippen LogP contribution in [0.15, 0.2) is 28.7 Å². The minimum Gasteiger partial charge on any atom is -0.192 e. The van der Waals surface area contributed by atoms with E-state index in [1.54, 1.807) is 6.07 Å². The highest BCUT2D eigenvalue weighted by molar-refractivity contribution is 9.10. The molecule has 0 spiro atoms. The standard InChI is InChI=1S/C10H8BrN/c1-2-3-9-6-8(7-12)4-5-10(9)11/h2-6H,1H3. The van der Waals surface area contributed by atoms with Gasteiger partial charge >= 0.3 is 0 Å². The van der Waals surface area contributed by atoms with E-state index in [1.807, 2.05) is 31.2 Å². The molecule has 2 heteroatoms. The molecule has 0 saturated heterocycles. The van der Waals surface area contributed by atoms with E-state index < -0.39 is 0 Å². The first-order valence-corrected chi connectivity index (χ1v) is 4.39. The average Bonchev–Trinajstić information content (AvgIpc) is 2.09. The van der Waals surface area contributed by atoms with Crippen molar-refractivity contribution >= 4 is 22.0 Å². The number of hydrogen-bond donors (Lipinski definition) is 0. The van der Waals surface area contributed by atoms with Gasteiger partial charge in [-0.15, -0.1) is 0 Å². The molecule has 0 radical (unpaired) electrons. The van der Waals surface area contributed by atoms with Crippen molar-refractivity contribution in [2.45, 2.75) is 6.92 Å². The van der Waals surface area contributed by atoms with Gasteiger partial charge in [0.2, 0.25) is 0 Å². The zero-order valence-electron chi connectivity index (χ0n) is 6.71. The quantitative estimate of drug-likeness (QED) is 0.714. The van der Waals surface area contributed by atoms with Crippen molar-refractivity contribution in [3.8, 4) is 6.07 Å². The molecule has 0 aliphatic rings. The lowest BCUT2D eigenvalue weighted by molar-refractivity contribution is 1.47. The van der Waals surface area contributed by atoms with Gasteiger partial charge < -0.3 is 0 Å². The van der Waals surface area contributed by atoms with Crippen LogP contribution in [0.4, 0.5) is 0 Å². The van der Waals surface area contributed by atoms with Gasteiger partial charge in [-0.05, 0) is 30.7 Å². The highest BCUT2D eigenvalue weighted by Gasteiger charge is 1.96. The van der Waals surface area contributed by atoms with Crippen LogP contribution in [-0.2, 0) is 0 Å². The largest absolute Gasteiger partial charge is 0.192 e. The van der Waals surface area contributed by atoms with E-state index in [1.165, 1.54) is 0 Å². The molecule has 1 aromatic rings. The van der Waals surface area contributed by atoms with Crippen LogP contribution in [0, 0.1) is 11.3 Å². The van der Waals surface area contributed by atoms with Crippen LogP contribution in [0.25, 0.3) is 6.08 Å². The van der Waals surface area contributed by atoms with Crippen LogP contribution in [-0.4, -0.2) is 0 Å². The molecule has 0 bridgehead atoms. The molecule has 60 valence electrons. The van der Waals surface area contributed by atoms with Gasteiger partial charge in [0.1, 0.15) is 0 Å². The van der Waals surface area contributed by atoms with Crippen LogP contribution in [0.2, 0.25) is 0 Å². The molecule has 0 saturated carbocycles. The molecule has 0 aliphatic heterocycles. The molecule has 1 rings (SSSR count). The van der Waals surface area contributed by atoms with E-state index in [2.05, 4.69) is 22.0 Å². The van der Waals surface area contributed by atoms with Gasteiger partial charge in [0, 0.05) is 4.47 Å². The third-order valence-corrected chi connectivity index (χ3v) is 2.19. The highest BCUT2D eigenvalue weighted by atomic mass is 79.9. The van der Waals surface area contributed by atoms with Gasteiger partial charge in [-0.2, -0.15) is 5.26 Å². The van der Waals surface area contributed by atoms with E-state index in [0.29, 0.717) is 5.56 Å². The number of benzene rings is 1. The molecule has 0 aromatic heterocycles. The minimum absolute atomic E-state index is 0.686. The Balaban J connectivity index is 3.19. The number of nitrogens with zero attached hydrogens (tertiary/aromatic N) is 1. The number of hydrogen-bond acceptors (Lipinski definition) is 1. The third-order valence-electron chi connectivity index (χ3n) is 1.47.